The zero-order valence-corrected chi connectivity index (χ0v) is 9.37. The first-order chi connectivity index (χ1) is 7.40. The molecule has 0 unspecified atom stereocenters. The van der Waals surface area contributed by atoms with Crippen LogP contribution in [0.2, 0.25) is 0 Å². The lowest BCUT2D eigenvalue weighted by Gasteiger charge is -2.12. The van der Waals surface area contributed by atoms with Crippen LogP contribution in [0.5, 0.6) is 0 Å². The third-order valence-corrected chi connectivity index (χ3v) is 2.84. The average Bonchev–Trinajstić information content (AvgIpc) is 2.55. The molecular formula is C13H18N2. The van der Waals surface area contributed by atoms with E-state index in [1.54, 1.807) is 0 Å². The third kappa shape index (κ3) is 2.65. The van der Waals surface area contributed by atoms with Crippen molar-refractivity contribution in [1.82, 2.24) is 0 Å². The highest BCUT2D eigenvalue weighted by Gasteiger charge is 2.09. The van der Waals surface area contributed by atoms with Crippen molar-refractivity contribution in [3.8, 4) is 0 Å². The molecule has 1 aliphatic carbocycles. The van der Waals surface area contributed by atoms with Gasteiger partial charge in [0.25, 0.3) is 0 Å². The Hall–Kier alpha value is -1.18. The minimum Gasteiger partial charge on any atom is -0.245 e. The van der Waals surface area contributed by atoms with Gasteiger partial charge >= 0.3 is 0 Å². The fourth-order valence-electron chi connectivity index (χ4n) is 1.98. The van der Waals surface area contributed by atoms with Gasteiger partial charge in [-0.2, -0.15) is 0 Å². The summed E-state index contributed by atoms with van der Waals surface area (Å²) in [7, 11) is 0. The second-order valence-corrected chi connectivity index (χ2v) is 3.99. The van der Waals surface area contributed by atoms with Crippen molar-refractivity contribution in [3.05, 3.63) is 23.4 Å². The van der Waals surface area contributed by atoms with Gasteiger partial charge in [-0.25, -0.2) is 9.98 Å². The monoisotopic (exact) mass is 202 g/mol. The van der Waals surface area contributed by atoms with Crippen molar-refractivity contribution in [3.63, 3.8) is 0 Å². The summed E-state index contributed by atoms with van der Waals surface area (Å²) in [6.07, 6.45) is 13.4. The fourth-order valence-corrected chi connectivity index (χ4v) is 1.98. The van der Waals surface area contributed by atoms with Crippen LogP contribution >= 0.6 is 0 Å². The Bertz CT molecular complexity index is 346. The molecule has 0 bridgehead atoms. The van der Waals surface area contributed by atoms with E-state index in [4.69, 9.17) is 0 Å². The van der Waals surface area contributed by atoms with Crippen LogP contribution in [0.4, 0.5) is 0 Å². The Morgan fingerprint density at radius 3 is 2.93 bits per heavy atom. The highest BCUT2D eigenvalue weighted by atomic mass is 14.9. The van der Waals surface area contributed by atoms with Gasteiger partial charge in [-0.3, -0.25) is 0 Å². The van der Waals surface area contributed by atoms with Crippen molar-refractivity contribution in [1.29, 1.82) is 0 Å². The lowest BCUT2D eigenvalue weighted by molar-refractivity contribution is 0.704. The molecule has 0 spiro atoms. The molecule has 80 valence electrons. The molecule has 15 heavy (non-hydrogen) atoms. The van der Waals surface area contributed by atoms with Gasteiger partial charge in [0.05, 0.1) is 5.70 Å². The quantitative estimate of drug-likeness (QED) is 0.653. The van der Waals surface area contributed by atoms with Gasteiger partial charge in [-0.1, -0.05) is 19.1 Å². The lowest BCUT2D eigenvalue weighted by atomic mass is 9.97. The Labute approximate surface area is 91.5 Å². The van der Waals surface area contributed by atoms with Crippen LogP contribution in [0.3, 0.4) is 0 Å². The molecule has 2 heteroatoms. The number of rotatable bonds is 2. The maximum atomic E-state index is 4.63. The molecule has 0 saturated heterocycles. The molecule has 0 amide bonds. The topological polar surface area (TPSA) is 24.7 Å². The van der Waals surface area contributed by atoms with Gasteiger partial charge < -0.3 is 0 Å². The third-order valence-electron chi connectivity index (χ3n) is 2.84. The van der Waals surface area contributed by atoms with Crippen LogP contribution in [0, 0.1) is 0 Å². The maximum Gasteiger partial charge on any atom is 0.128 e. The van der Waals surface area contributed by atoms with Gasteiger partial charge in [0.1, 0.15) is 5.84 Å². The first-order valence-corrected chi connectivity index (χ1v) is 5.90. The molecule has 1 aliphatic heterocycles. The van der Waals surface area contributed by atoms with Crippen LogP contribution in [0.25, 0.3) is 0 Å². The molecule has 1 heterocycles. The van der Waals surface area contributed by atoms with E-state index in [0.29, 0.717) is 0 Å². The van der Waals surface area contributed by atoms with Gasteiger partial charge in [0, 0.05) is 19.1 Å². The molecule has 0 aromatic carbocycles. The summed E-state index contributed by atoms with van der Waals surface area (Å²) in [6, 6.07) is 0. The van der Waals surface area contributed by atoms with Crippen molar-refractivity contribution < 1.29 is 0 Å². The number of aliphatic imine (C=N–C) groups is 2. The molecule has 2 rings (SSSR count). The zero-order chi connectivity index (χ0) is 10.5. The fraction of sp³-hybridized carbons (Fsp3) is 0.538. The predicted octanol–water partition coefficient (Wildman–Crippen LogP) is 3.65. The molecule has 0 fully saturated rings. The summed E-state index contributed by atoms with van der Waals surface area (Å²) in [5.74, 6) is 0.963. The van der Waals surface area contributed by atoms with Gasteiger partial charge in [-0.15, -0.1) is 0 Å². The molecule has 0 saturated carbocycles. The van der Waals surface area contributed by atoms with E-state index in [0.717, 1.165) is 18.7 Å². The molecule has 0 aromatic rings. The molecule has 0 aromatic heterocycles. The average molecular weight is 202 g/mol. The van der Waals surface area contributed by atoms with Gasteiger partial charge in [0.15, 0.2) is 0 Å². The first-order valence-electron chi connectivity index (χ1n) is 5.90. The highest BCUT2D eigenvalue weighted by molar-refractivity contribution is 5.91. The Morgan fingerprint density at radius 1 is 1.27 bits per heavy atom. The predicted molar refractivity (Wildman–Crippen MR) is 65.5 cm³/mol. The highest BCUT2D eigenvalue weighted by Crippen LogP contribution is 2.25. The molecule has 2 aliphatic rings. The van der Waals surface area contributed by atoms with Crippen LogP contribution < -0.4 is 0 Å². The summed E-state index contributed by atoms with van der Waals surface area (Å²) in [6.45, 7) is 2.11. The molecule has 0 radical (unpaired) electrons. The maximum absolute atomic E-state index is 4.63. The van der Waals surface area contributed by atoms with E-state index in [2.05, 4.69) is 29.1 Å². The van der Waals surface area contributed by atoms with Crippen LogP contribution in [0.15, 0.2) is 33.4 Å². The number of amidine groups is 1. The minimum absolute atomic E-state index is 0.916. The van der Waals surface area contributed by atoms with Gasteiger partial charge in [0.2, 0.25) is 0 Å². The Morgan fingerprint density at radius 2 is 2.20 bits per heavy atom. The number of hydrogen-bond donors (Lipinski definition) is 0. The van der Waals surface area contributed by atoms with E-state index in [1.807, 2.05) is 6.21 Å². The number of nitrogens with zero attached hydrogens (tertiary/aromatic N) is 2. The second-order valence-electron chi connectivity index (χ2n) is 3.99. The summed E-state index contributed by atoms with van der Waals surface area (Å²) in [4.78, 5) is 8.96. The van der Waals surface area contributed by atoms with E-state index >= 15 is 0 Å². The Kier molecular flexibility index (Phi) is 3.49. The summed E-state index contributed by atoms with van der Waals surface area (Å²) >= 11 is 0. The van der Waals surface area contributed by atoms with Crippen molar-refractivity contribution in [2.24, 2.45) is 9.98 Å². The van der Waals surface area contributed by atoms with E-state index in [9.17, 15) is 0 Å². The van der Waals surface area contributed by atoms with Crippen molar-refractivity contribution in [2.45, 2.75) is 45.4 Å². The SMILES string of the molecule is CCC1=NC(C2=CCCCC2)=CCC=N1. The zero-order valence-electron chi connectivity index (χ0n) is 9.37. The lowest BCUT2D eigenvalue weighted by Crippen LogP contribution is -1.97. The second kappa shape index (κ2) is 5.06. The molecular weight excluding hydrogens is 184 g/mol. The smallest absolute Gasteiger partial charge is 0.128 e. The summed E-state index contributed by atoms with van der Waals surface area (Å²) in [5, 5.41) is 0. The summed E-state index contributed by atoms with van der Waals surface area (Å²) < 4.78 is 0. The van der Waals surface area contributed by atoms with Crippen molar-refractivity contribution >= 4 is 12.1 Å². The van der Waals surface area contributed by atoms with E-state index in [-0.39, 0.29) is 0 Å². The minimum atomic E-state index is 0.916. The molecule has 0 atom stereocenters. The largest absolute Gasteiger partial charge is 0.245 e. The van der Waals surface area contributed by atoms with Crippen LogP contribution in [-0.4, -0.2) is 12.1 Å². The van der Waals surface area contributed by atoms with E-state index in [1.165, 1.54) is 37.0 Å². The van der Waals surface area contributed by atoms with Crippen LogP contribution in [-0.2, 0) is 0 Å². The number of allylic oxidation sites excluding steroid dienone is 3. The summed E-state index contributed by atoms with van der Waals surface area (Å²) in [5.41, 5.74) is 2.60. The number of hydrogen-bond acceptors (Lipinski definition) is 2. The first kappa shape index (κ1) is 10.3. The molecule has 0 N–H and O–H groups in total. The standard InChI is InChI=1S/C13H18N2/c1-2-13-14-10-6-9-12(15-13)11-7-4-3-5-8-11/h7,9-10H,2-6,8H2,1H3. The van der Waals surface area contributed by atoms with E-state index < -0.39 is 0 Å². The normalized spacial score (nSPS) is 21.5. The molecule has 2 nitrogen and oxygen atoms in total. The van der Waals surface area contributed by atoms with Crippen LogP contribution in [0.1, 0.15) is 45.4 Å². The van der Waals surface area contributed by atoms with Crippen molar-refractivity contribution in [2.75, 3.05) is 0 Å². The Balaban J connectivity index is 2.21. The van der Waals surface area contributed by atoms with Gasteiger partial charge in [-0.05, 0) is 31.3 Å².